The van der Waals surface area contributed by atoms with Crippen LogP contribution < -0.4 is 0 Å². The van der Waals surface area contributed by atoms with Crippen molar-refractivity contribution in [3.63, 3.8) is 0 Å². The lowest BCUT2D eigenvalue weighted by atomic mass is 9.95. The highest BCUT2D eigenvalue weighted by Gasteiger charge is 2.27. The van der Waals surface area contributed by atoms with Gasteiger partial charge in [0, 0.05) is 6.42 Å². The first-order valence-corrected chi connectivity index (χ1v) is 5.00. The fourth-order valence-electron chi connectivity index (χ4n) is 2.30. The van der Waals surface area contributed by atoms with Crippen molar-refractivity contribution in [2.45, 2.75) is 12.8 Å². The van der Waals surface area contributed by atoms with Crippen molar-refractivity contribution < 1.29 is 9.90 Å². The number of hydrogen-bond donors (Lipinski definition) is 1. The van der Waals surface area contributed by atoms with Gasteiger partial charge in [-0.15, -0.1) is 0 Å². The third-order valence-corrected chi connectivity index (χ3v) is 3.04. The van der Waals surface area contributed by atoms with E-state index in [0.29, 0.717) is 6.42 Å². The summed E-state index contributed by atoms with van der Waals surface area (Å²) in [7, 11) is 0. The summed E-state index contributed by atoms with van der Waals surface area (Å²) in [6, 6.07) is 8.10. The Hall–Kier alpha value is -1.83. The van der Waals surface area contributed by atoms with Crippen LogP contribution in [0.1, 0.15) is 17.5 Å². The fourth-order valence-corrected chi connectivity index (χ4v) is 2.30. The molecular weight excluding hydrogens is 188 g/mol. The van der Waals surface area contributed by atoms with E-state index in [1.54, 1.807) is 6.08 Å². The van der Waals surface area contributed by atoms with E-state index >= 15 is 0 Å². The topological polar surface area (TPSA) is 37.3 Å². The van der Waals surface area contributed by atoms with Gasteiger partial charge in [-0.05, 0) is 34.8 Å². The van der Waals surface area contributed by atoms with Gasteiger partial charge in [-0.1, -0.05) is 24.3 Å². The maximum Gasteiger partial charge on any atom is 0.201 e. The molecule has 2 heteroatoms. The molecule has 2 nitrogen and oxygen atoms in total. The van der Waals surface area contributed by atoms with Gasteiger partial charge in [0.05, 0.1) is 0 Å². The standard InChI is InChI=1S/C13H10O2/c14-12-6-9-5-8-3-1-2-4-10(8)11(9)7-13(12)15/h1-4,6,14H,5,7H2. The maximum absolute atomic E-state index is 11.4. The number of hydrogen-bond acceptors (Lipinski definition) is 2. The molecule has 2 aliphatic carbocycles. The molecule has 3 rings (SSSR count). The third kappa shape index (κ3) is 1.14. The lowest BCUT2D eigenvalue weighted by Crippen LogP contribution is -2.07. The number of allylic oxidation sites excluding steroid dienone is 4. The van der Waals surface area contributed by atoms with Gasteiger partial charge in [-0.2, -0.15) is 0 Å². The molecule has 0 spiro atoms. The highest BCUT2D eigenvalue weighted by atomic mass is 16.3. The smallest absolute Gasteiger partial charge is 0.201 e. The molecule has 0 bridgehead atoms. The van der Waals surface area contributed by atoms with Crippen LogP contribution in [0.15, 0.2) is 41.7 Å². The normalized spacial score (nSPS) is 18.7. The molecule has 0 heterocycles. The molecule has 0 atom stereocenters. The molecule has 15 heavy (non-hydrogen) atoms. The minimum Gasteiger partial charge on any atom is -0.504 e. The van der Waals surface area contributed by atoms with E-state index in [1.807, 2.05) is 18.2 Å². The molecule has 0 amide bonds. The van der Waals surface area contributed by atoms with Crippen LogP contribution >= 0.6 is 0 Å². The van der Waals surface area contributed by atoms with E-state index in [1.165, 1.54) is 11.1 Å². The average Bonchev–Trinajstić information content (AvgIpc) is 2.57. The van der Waals surface area contributed by atoms with E-state index in [9.17, 15) is 9.90 Å². The van der Waals surface area contributed by atoms with E-state index in [-0.39, 0.29) is 11.5 Å². The van der Waals surface area contributed by atoms with E-state index in [4.69, 9.17) is 0 Å². The number of carbonyl (C=O) groups is 1. The van der Waals surface area contributed by atoms with Crippen LogP contribution in [-0.4, -0.2) is 10.9 Å². The number of aliphatic hydroxyl groups excluding tert-OH is 1. The Morgan fingerprint density at radius 2 is 1.93 bits per heavy atom. The Labute approximate surface area is 87.6 Å². The molecule has 0 unspecified atom stereocenters. The van der Waals surface area contributed by atoms with Gasteiger partial charge in [0.2, 0.25) is 5.78 Å². The number of aliphatic hydroxyl groups is 1. The van der Waals surface area contributed by atoms with Crippen molar-refractivity contribution in [2.75, 3.05) is 0 Å². The molecule has 1 aromatic carbocycles. The van der Waals surface area contributed by atoms with Crippen LogP contribution in [0.5, 0.6) is 0 Å². The lowest BCUT2D eigenvalue weighted by molar-refractivity contribution is -0.117. The SMILES string of the molecule is O=C1CC2=C(C=C1O)Cc1ccccc12. The van der Waals surface area contributed by atoms with Crippen molar-refractivity contribution in [3.05, 3.63) is 52.8 Å². The molecule has 0 aliphatic heterocycles. The van der Waals surface area contributed by atoms with Crippen molar-refractivity contribution in [1.29, 1.82) is 0 Å². The summed E-state index contributed by atoms with van der Waals surface area (Å²) in [5.41, 5.74) is 4.60. The van der Waals surface area contributed by atoms with Gasteiger partial charge in [0.25, 0.3) is 0 Å². The predicted molar refractivity (Wildman–Crippen MR) is 57.4 cm³/mol. The second-order valence-electron chi connectivity index (χ2n) is 3.97. The van der Waals surface area contributed by atoms with Crippen LogP contribution in [0.25, 0.3) is 5.57 Å². The largest absolute Gasteiger partial charge is 0.504 e. The Morgan fingerprint density at radius 1 is 1.13 bits per heavy atom. The Morgan fingerprint density at radius 3 is 2.80 bits per heavy atom. The fraction of sp³-hybridized carbons (Fsp3) is 0.154. The molecule has 1 N–H and O–H groups in total. The Balaban J connectivity index is 2.16. The van der Waals surface area contributed by atoms with E-state index < -0.39 is 0 Å². The first kappa shape index (κ1) is 8.48. The summed E-state index contributed by atoms with van der Waals surface area (Å²) in [4.78, 5) is 11.4. The van der Waals surface area contributed by atoms with Gasteiger partial charge in [-0.3, -0.25) is 4.79 Å². The van der Waals surface area contributed by atoms with Crippen molar-refractivity contribution >= 4 is 11.4 Å². The molecule has 0 saturated carbocycles. The number of ketones is 1. The molecule has 0 saturated heterocycles. The van der Waals surface area contributed by atoms with Gasteiger partial charge < -0.3 is 5.11 Å². The quantitative estimate of drug-likeness (QED) is 0.695. The minimum absolute atomic E-state index is 0.0958. The van der Waals surface area contributed by atoms with Crippen molar-refractivity contribution in [2.24, 2.45) is 0 Å². The van der Waals surface area contributed by atoms with E-state index in [0.717, 1.165) is 17.6 Å². The predicted octanol–water partition coefficient (Wildman–Crippen LogP) is 2.41. The summed E-state index contributed by atoms with van der Waals surface area (Å²) in [6.45, 7) is 0. The average molecular weight is 198 g/mol. The van der Waals surface area contributed by atoms with Crippen LogP contribution in [0.2, 0.25) is 0 Å². The van der Waals surface area contributed by atoms with E-state index in [2.05, 4.69) is 6.07 Å². The maximum atomic E-state index is 11.4. The van der Waals surface area contributed by atoms with Crippen LogP contribution in [0.4, 0.5) is 0 Å². The summed E-state index contributed by atoms with van der Waals surface area (Å²) >= 11 is 0. The molecule has 0 radical (unpaired) electrons. The summed E-state index contributed by atoms with van der Waals surface area (Å²) in [6.07, 6.45) is 2.79. The van der Waals surface area contributed by atoms with Gasteiger partial charge in [0.1, 0.15) is 0 Å². The van der Waals surface area contributed by atoms with Crippen molar-refractivity contribution in [3.8, 4) is 0 Å². The zero-order valence-electron chi connectivity index (χ0n) is 8.16. The zero-order chi connectivity index (χ0) is 10.4. The summed E-state index contributed by atoms with van der Waals surface area (Å²) < 4.78 is 0. The third-order valence-electron chi connectivity index (χ3n) is 3.04. The summed E-state index contributed by atoms with van der Waals surface area (Å²) in [5.74, 6) is -0.271. The van der Waals surface area contributed by atoms with Crippen molar-refractivity contribution in [1.82, 2.24) is 0 Å². The molecule has 0 fully saturated rings. The number of fused-ring (bicyclic) bond motifs is 2. The second-order valence-corrected chi connectivity index (χ2v) is 3.97. The molecular formula is C13H10O2. The van der Waals surface area contributed by atoms with Gasteiger partial charge in [-0.25, -0.2) is 0 Å². The first-order chi connectivity index (χ1) is 7.25. The number of Topliss-reactive ketones (excluding diaryl/α,β-unsaturated/α-hetero) is 1. The van der Waals surface area contributed by atoms with Crippen LogP contribution in [0.3, 0.4) is 0 Å². The molecule has 2 aliphatic rings. The number of benzene rings is 1. The molecule has 74 valence electrons. The molecule has 0 aromatic heterocycles. The molecule has 1 aromatic rings. The first-order valence-electron chi connectivity index (χ1n) is 5.00. The Kier molecular flexibility index (Phi) is 1.60. The second kappa shape index (κ2) is 2.83. The number of rotatable bonds is 0. The zero-order valence-corrected chi connectivity index (χ0v) is 8.16. The highest BCUT2D eigenvalue weighted by Crippen LogP contribution is 2.38. The highest BCUT2D eigenvalue weighted by molar-refractivity contribution is 6.05. The number of carbonyl (C=O) groups excluding carboxylic acids is 1. The minimum atomic E-state index is -0.176. The summed E-state index contributed by atoms with van der Waals surface area (Å²) in [5, 5.41) is 9.38. The van der Waals surface area contributed by atoms with Crippen LogP contribution in [-0.2, 0) is 11.2 Å². The monoisotopic (exact) mass is 198 g/mol. The lowest BCUT2D eigenvalue weighted by Gasteiger charge is -2.10. The van der Waals surface area contributed by atoms with Gasteiger partial charge in [0.15, 0.2) is 5.76 Å². The van der Waals surface area contributed by atoms with Crippen LogP contribution in [0, 0.1) is 0 Å². The Bertz CT molecular complexity index is 521. The van der Waals surface area contributed by atoms with Gasteiger partial charge >= 0.3 is 0 Å².